The third-order valence-electron chi connectivity index (χ3n) is 3.27. The molecule has 0 fully saturated rings. The molecule has 0 bridgehead atoms. The average molecular weight is 260 g/mol. The van der Waals surface area contributed by atoms with Crippen molar-refractivity contribution in [3.8, 4) is 11.1 Å². The van der Waals surface area contributed by atoms with E-state index in [1.165, 1.54) is 11.1 Å². The molecule has 0 unspecified atom stereocenters. The van der Waals surface area contributed by atoms with Crippen LogP contribution in [0, 0.1) is 0 Å². The largest absolute Gasteiger partial charge is 0.399 e. The van der Waals surface area contributed by atoms with Gasteiger partial charge >= 0.3 is 0 Å². The first-order chi connectivity index (χ1) is 8.65. The molecule has 0 heterocycles. The van der Waals surface area contributed by atoms with Crippen LogP contribution in [0.1, 0.15) is 25.0 Å². The molecule has 0 aromatic heterocycles. The monoisotopic (exact) mass is 259 g/mol. The first-order valence-electron chi connectivity index (χ1n) is 6.33. The summed E-state index contributed by atoms with van der Waals surface area (Å²) in [6.45, 7) is 4.37. The lowest BCUT2D eigenvalue weighted by molar-refractivity contribution is 1.04. The van der Waals surface area contributed by atoms with Crippen molar-refractivity contribution < 1.29 is 0 Å². The topological polar surface area (TPSA) is 26.0 Å². The van der Waals surface area contributed by atoms with E-state index >= 15 is 0 Å². The summed E-state index contributed by atoms with van der Waals surface area (Å²) in [5.41, 5.74) is 11.4. The Morgan fingerprint density at radius 1 is 0.944 bits per heavy atom. The highest BCUT2D eigenvalue weighted by molar-refractivity contribution is 6.33. The van der Waals surface area contributed by atoms with Gasteiger partial charge in [0.1, 0.15) is 0 Å². The maximum Gasteiger partial charge on any atom is 0.0504 e. The molecule has 0 saturated heterocycles. The fourth-order valence-electron chi connectivity index (χ4n) is 2.23. The van der Waals surface area contributed by atoms with Crippen molar-refractivity contribution in [3.63, 3.8) is 0 Å². The van der Waals surface area contributed by atoms with Gasteiger partial charge in [0.15, 0.2) is 0 Å². The maximum absolute atomic E-state index is 6.25. The summed E-state index contributed by atoms with van der Waals surface area (Å²) in [5.74, 6) is 0. The molecule has 1 nitrogen and oxygen atoms in total. The van der Waals surface area contributed by atoms with Crippen molar-refractivity contribution in [2.24, 2.45) is 0 Å². The number of nitrogens with two attached hydrogens (primary N) is 1. The molecular weight excluding hydrogens is 242 g/mol. The predicted molar refractivity (Wildman–Crippen MR) is 80.1 cm³/mol. The van der Waals surface area contributed by atoms with Gasteiger partial charge in [0.2, 0.25) is 0 Å². The molecule has 2 rings (SSSR count). The van der Waals surface area contributed by atoms with Crippen molar-refractivity contribution in [2.75, 3.05) is 5.73 Å². The summed E-state index contributed by atoms with van der Waals surface area (Å²) >= 11 is 6.25. The molecule has 0 amide bonds. The summed E-state index contributed by atoms with van der Waals surface area (Å²) < 4.78 is 0. The first kappa shape index (κ1) is 13.0. The number of nitrogen functional groups attached to an aromatic ring is 1. The zero-order valence-electron chi connectivity index (χ0n) is 10.8. The number of halogens is 1. The van der Waals surface area contributed by atoms with E-state index in [0.717, 1.165) is 24.0 Å². The molecule has 2 aromatic rings. The number of hydrogen-bond acceptors (Lipinski definition) is 1. The van der Waals surface area contributed by atoms with Crippen molar-refractivity contribution >= 4 is 17.3 Å². The Kier molecular flexibility index (Phi) is 3.93. The molecule has 2 aromatic carbocycles. The average Bonchev–Trinajstić information content (AvgIpc) is 2.38. The number of benzene rings is 2. The molecule has 0 radical (unpaired) electrons. The minimum atomic E-state index is 0.699. The van der Waals surface area contributed by atoms with Crippen LogP contribution in [-0.4, -0.2) is 0 Å². The quantitative estimate of drug-likeness (QED) is 0.794. The highest BCUT2D eigenvalue weighted by Gasteiger charge is 2.06. The van der Waals surface area contributed by atoms with E-state index < -0.39 is 0 Å². The van der Waals surface area contributed by atoms with Crippen LogP contribution in [-0.2, 0) is 12.8 Å². The van der Waals surface area contributed by atoms with E-state index in [2.05, 4.69) is 32.0 Å². The van der Waals surface area contributed by atoms with E-state index in [1.807, 2.05) is 12.1 Å². The van der Waals surface area contributed by atoms with Crippen LogP contribution in [0.2, 0.25) is 5.02 Å². The fraction of sp³-hybridized carbons (Fsp3) is 0.250. The zero-order chi connectivity index (χ0) is 13.1. The van der Waals surface area contributed by atoms with Gasteiger partial charge in [-0.25, -0.2) is 0 Å². The lowest BCUT2D eigenvalue weighted by Crippen LogP contribution is -1.92. The van der Waals surface area contributed by atoms with E-state index in [4.69, 9.17) is 17.3 Å². The molecule has 0 saturated carbocycles. The molecule has 2 N–H and O–H groups in total. The smallest absolute Gasteiger partial charge is 0.0504 e. The molecule has 0 spiro atoms. The summed E-state index contributed by atoms with van der Waals surface area (Å²) in [5, 5.41) is 0.710. The van der Waals surface area contributed by atoms with Gasteiger partial charge in [-0.2, -0.15) is 0 Å². The molecule has 0 aliphatic heterocycles. The normalized spacial score (nSPS) is 10.6. The lowest BCUT2D eigenvalue weighted by Gasteiger charge is -2.10. The Hall–Kier alpha value is -1.47. The third kappa shape index (κ3) is 2.51. The van der Waals surface area contributed by atoms with Gasteiger partial charge in [-0.15, -0.1) is 0 Å². The second kappa shape index (κ2) is 5.45. The van der Waals surface area contributed by atoms with Crippen LogP contribution in [0.3, 0.4) is 0 Å². The minimum absolute atomic E-state index is 0.699. The van der Waals surface area contributed by atoms with Crippen molar-refractivity contribution in [1.82, 2.24) is 0 Å². The van der Waals surface area contributed by atoms with Crippen molar-refractivity contribution in [2.45, 2.75) is 26.7 Å². The standard InChI is InChI=1S/C16H18ClN/c1-3-11-5-6-13(9-12(11)4-2)15-8-7-14(18)10-16(15)17/h5-10H,3-4,18H2,1-2H3. The van der Waals surface area contributed by atoms with Gasteiger partial charge < -0.3 is 5.73 Å². The number of anilines is 1. The van der Waals surface area contributed by atoms with E-state index in [1.54, 1.807) is 6.07 Å². The van der Waals surface area contributed by atoms with E-state index in [-0.39, 0.29) is 0 Å². The fourth-order valence-corrected chi connectivity index (χ4v) is 2.53. The Morgan fingerprint density at radius 3 is 2.28 bits per heavy atom. The van der Waals surface area contributed by atoms with Crippen LogP contribution in [0.5, 0.6) is 0 Å². The molecular formula is C16H18ClN. The summed E-state index contributed by atoms with van der Waals surface area (Å²) in [6, 6.07) is 12.2. The Bertz CT molecular complexity index is 561. The second-order valence-electron chi connectivity index (χ2n) is 4.43. The highest BCUT2D eigenvalue weighted by Crippen LogP contribution is 2.31. The van der Waals surface area contributed by atoms with Gasteiger partial charge in [0.25, 0.3) is 0 Å². The third-order valence-corrected chi connectivity index (χ3v) is 3.58. The summed E-state index contributed by atoms with van der Waals surface area (Å²) in [6.07, 6.45) is 2.11. The van der Waals surface area contributed by atoms with Crippen LogP contribution >= 0.6 is 11.6 Å². The lowest BCUT2D eigenvalue weighted by atomic mass is 9.96. The molecule has 94 valence electrons. The van der Waals surface area contributed by atoms with Gasteiger partial charge in [-0.05, 0) is 41.7 Å². The first-order valence-corrected chi connectivity index (χ1v) is 6.70. The van der Waals surface area contributed by atoms with E-state index in [9.17, 15) is 0 Å². The number of aryl methyl sites for hydroxylation is 2. The molecule has 0 aliphatic rings. The Labute approximate surface area is 114 Å². The van der Waals surface area contributed by atoms with Crippen molar-refractivity contribution in [3.05, 3.63) is 52.5 Å². The second-order valence-corrected chi connectivity index (χ2v) is 4.84. The number of rotatable bonds is 3. The molecule has 2 heteroatoms. The van der Waals surface area contributed by atoms with Gasteiger partial charge in [0.05, 0.1) is 5.02 Å². The van der Waals surface area contributed by atoms with E-state index in [0.29, 0.717) is 10.7 Å². The van der Waals surface area contributed by atoms with Gasteiger partial charge in [-0.1, -0.05) is 49.7 Å². The zero-order valence-corrected chi connectivity index (χ0v) is 11.6. The Morgan fingerprint density at radius 2 is 1.67 bits per heavy atom. The van der Waals surface area contributed by atoms with Crippen LogP contribution < -0.4 is 5.73 Å². The summed E-state index contributed by atoms with van der Waals surface area (Å²) in [4.78, 5) is 0. The maximum atomic E-state index is 6.25. The number of hydrogen-bond donors (Lipinski definition) is 1. The molecule has 18 heavy (non-hydrogen) atoms. The highest BCUT2D eigenvalue weighted by atomic mass is 35.5. The minimum Gasteiger partial charge on any atom is -0.399 e. The SMILES string of the molecule is CCc1ccc(-c2ccc(N)cc2Cl)cc1CC. The predicted octanol–water partition coefficient (Wildman–Crippen LogP) is 4.71. The Balaban J connectivity index is 2.51. The van der Waals surface area contributed by atoms with Crippen molar-refractivity contribution in [1.29, 1.82) is 0 Å². The van der Waals surface area contributed by atoms with Crippen LogP contribution in [0.25, 0.3) is 11.1 Å². The summed E-state index contributed by atoms with van der Waals surface area (Å²) in [7, 11) is 0. The van der Waals surface area contributed by atoms with Gasteiger partial charge in [0, 0.05) is 11.3 Å². The molecule has 0 aliphatic carbocycles. The van der Waals surface area contributed by atoms with Crippen LogP contribution in [0.15, 0.2) is 36.4 Å². The van der Waals surface area contributed by atoms with Gasteiger partial charge in [-0.3, -0.25) is 0 Å². The molecule has 0 atom stereocenters. The van der Waals surface area contributed by atoms with Crippen LogP contribution in [0.4, 0.5) is 5.69 Å².